The van der Waals surface area contributed by atoms with Gasteiger partial charge in [0.15, 0.2) is 0 Å². The lowest BCUT2D eigenvalue weighted by Gasteiger charge is -2.18. The Balaban J connectivity index is 3.47. The second-order valence-corrected chi connectivity index (χ2v) is 4.80. The Kier molecular flexibility index (Phi) is 5.77. The number of rotatable bonds is 5. The summed E-state index contributed by atoms with van der Waals surface area (Å²) in [7, 11) is 0. The third-order valence-corrected chi connectivity index (χ3v) is 1.58. The largest absolute Gasteiger partial charge is 0.464 e. The van der Waals surface area contributed by atoms with Gasteiger partial charge in [-0.1, -0.05) is 13.8 Å². The van der Waals surface area contributed by atoms with Crippen LogP contribution in [0.15, 0.2) is 0 Å². The van der Waals surface area contributed by atoms with Crippen LogP contribution < -0.4 is 0 Å². The molecule has 0 unspecified atom stereocenters. The van der Waals surface area contributed by atoms with Gasteiger partial charge in [-0.2, -0.15) is 0 Å². The smallest absolute Gasteiger partial charge is 0.332 e. The summed E-state index contributed by atoms with van der Waals surface area (Å²) in [5.41, 5.74) is -0.281. The molecule has 0 bridgehead atoms. The predicted molar refractivity (Wildman–Crippen MR) is 56.1 cm³/mol. The Morgan fingerprint density at radius 3 is 2.29 bits per heavy atom. The van der Waals surface area contributed by atoms with Gasteiger partial charge in [0.25, 0.3) is 0 Å². The highest BCUT2D eigenvalue weighted by molar-refractivity contribution is 5.70. The fourth-order valence-electron chi connectivity index (χ4n) is 0.726. The van der Waals surface area contributed by atoms with E-state index in [2.05, 4.69) is 13.8 Å². The minimum atomic E-state index is -0.281. The van der Waals surface area contributed by atoms with Crippen molar-refractivity contribution in [2.45, 2.75) is 46.6 Å². The first kappa shape index (κ1) is 13.4. The molecule has 0 fully saturated rings. The van der Waals surface area contributed by atoms with Gasteiger partial charge in [0.1, 0.15) is 6.61 Å². The van der Waals surface area contributed by atoms with E-state index in [0.29, 0.717) is 12.5 Å². The molecule has 0 aliphatic carbocycles. The van der Waals surface area contributed by atoms with Gasteiger partial charge in [0.2, 0.25) is 0 Å². The SMILES string of the molecule is CC(C)CCOC(=O)COC(C)(C)C. The number of esters is 1. The molecule has 0 aliphatic rings. The fourth-order valence-corrected chi connectivity index (χ4v) is 0.726. The van der Waals surface area contributed by atoms with Crippen LogP contribution in [0.4, 0.5) is 0 Å². The molecular formula is C11H22O3. The molecule has 0 saturated carbocycles. The van der Waals surface area contributed by atoms with Crippen molar-refractivity contribution in [1.29, 1.82) is 0 Å². The molecule has 3 nitrogen and oxygen atoms in total. The quantitative estimate of drug-likeness (QED) is 0.642. The Hall–Kier alpha value is -0.570. The summed E-state index contributed by atoms with van der Waals surface area (Å²) < 4.78 is 10.3. The first-order chi connectivity index (χ1) is 6.31. The van der Waals surface area contributed by atoms with Crippen LogP contribution in [0.25, 0.3) is 0 Å². The summed E-state index contributed by atoms with van der Waals surface area (Å²) in [5.74, 6) is 0.284. The normalized spacial score (nSPS) is 11.9. The topological polar surface area (TPSA) is 35.5 Å². The fraction of sp³-hybridized carbons (Fsp3) is 0.909. The minimum Gasteiger partial charge on any atom is -0.464 e. The highest BCUT2D eigenvalue weighted by Gasteiger charge is 2.13. The Morgan fingerprint density at radius 1 is 1.29 bits per heavy atom. The number of hydrogen-bond donors (Lipinski definition) is 0. The van der Waals surface area contributed by atoms with E-state index < -0.39 is 0 Å². The van der Waals surface area contributed by atoms with Crippen LogP contribution in [-0.2, 0) is 14.3 Å². The molecule has 0 rings (SSSR count). The molecule has 0 aromatic carbocycles. The Morgan fingerprint density at radius 2 is 1.86 bits per heavy atom. The molecule has 0 saturated heterocycles. The van der Waals surface area contributed by atoms with E-state index in [0.717, 1.165) is 6.42 Å². The van der Waals surface area contributed by atoms with E-state index >= 15 is 0 Å². The van der Waals surface area contributed by atoms with Gasteiger partial charge in [-0.3, -0.25) is 0 Å². The van der Waals surface area contributed by atoms with E-state index in [-0.39, 0.29) is 18.2 Å². The third-order valence-electron chi connectivity index (χ3n) is 1.58. The molecule has 0 aliphatic heterocycles. The molecule has 0 N–H and O–H groups in total. The maximum atomic E-state index is 11.1. The average Bonchev–Trinajstić information content (AvgIpc) is 1.99. The highest BCUT2D eigenvalue weighted by Crippen LogP contribution is 2.06. The monoisotopic (exact) mass is 202 g/mol. The van der Waals surface area contributed by atoms with Crippen molar-refractivity contribution in [3.05, 3.63) is 0 Å². The summed E-state index contributed by atoms with van der Waals surface area (Å²) in [4.78, 5) is 11.1. The van der Waals surface area contributed by atoms with Crippen molar-refractivity contribution in [3.63, 3.8) is 0 Å². The lowest BCUT2D eigenvalue weighted by Crippen LogP contribution is -2.25. The summed E-state index contributed by atoms with van der Waals surface area (Å²) in [6.07, 6.45) is 0.904. The van der Waals surface area contributed by atoms with Crippen molar-refractivity contribution < 1.29 is 14.3 Å². The predicted octanol–water partition coefficient (Wildman–Crippen LogP) is 2.39. The van der Waals surface area contributed by atoms with Crippen LogP contribution in [0.5, 0.6) is 0 Å². The number of hydrogen-bond acceptors (Lipinski definition) is 3. The van der Waals surface area contributed by atoms with Gasteiger partial charge >= 0.3 is 5.97 Å². The third kappa shape index (κ3) is 9.52. The minimum absolute atomic E-state index is 0.0432. The molecule has 84 valence electrons. The maximum Gasteiger partial charge on any atom is 0.332 e. The first-order valence-corrected chi connectivity index (χ1v) is 5.11. The lowest BCUT2D eigenvalue weighted by molar-refractivity contribution is -0.154. The number of ether oxygens (including phenoxy) is 2. The van der Waals surface area contributed by atoms with Crippen molar-refractivity contribution in [1.82, 2.24) is 0 Å². The summed E-state index contributed by atoms with van der Waals surface area (Å²) in [6, 6.07) is 0. The van der Waals surface area contributed by atoms with Crippen LogP contribution in [0, 0.1) is 5.92 Å². The number of carbonyl (C=O) groups is 1. The van der Waals surface area contributed by atoms with E-state index in [9.17, 15) is 4.79 Å². The van der Waals surface area contributed by atoms with Crippen LogP contribution in [0.3, 0.4) is 0 Å². The van der Waals surface area contributed by atoms with Crippen LogP contribution in [0.2, 0.25) is 0 Å². The molecule has 0 heterocycles. The summed E-state index contributed by atoms with van der Waals surface area (Å²) in [5, 5.41) is 0. The molecule has 3 heteroatoms. The van der Waals surface area contributed by atoms with Crippen LogP contribution >= 0.6 is 0 Å². The van der Waals surface area contributed by atoms with E-state index in [1.54, 1.807) is 0 Å². The molecule has 0 amide bonds. The zero-order chi connectivity index (χ0) is 11.2. The first-order valence-electron chi connectivity index (χ1n) is 5.11. The van der Waals surface area contributed by atoms with Crippen molar-refractivity contribution >= 4 is 5.97 Å². The summed E-state index contributed by atoms with van der Waals surface area (Å²) in [6.45, 7) is 10.5. The van der Waals surface area contributed by atoms with Gasteiger partial charge < -0.3 is 9.47 Å². The summed E-state index contributed by atoms with van der Waals surface area (Å²) >= 11 is 0. The maximum absolute atomic E-state index is 11.1. The molecule has 0 aromatic rings. The van der Waals surface area contributed by atoms with E-state index in [1.165, 1.54) is 0 Å². The molecule has 0 atom stereocenters. The van der Waals surface area contributed by atoms with Crippen molar-refractivity contribution in [2.75, 3.05) is 13.2 Å². The van der Waals surface area contributed by atoms with Crippen molar-refractivity contribution in [3.8, 4) is 0 Å². The lowest BCUT2D eigenvalue weighted by atomic mass is 10.1. The average molecular weight is 202 g/mol. The highest BCUT2D eigenvalue weighted by atomic mass is 16.6. The van der Waals surface area contributed by atoms with Gasteiger partial charge in [-0.25, -0.2) is 4.79 Å². The molecule has 0 aromatic heterocycles. The second kappa shape index (κ2) is 6.02. The zero-order valence-electron chi connectivity index (χ0n) is 9.92. The van der Waals surface area contributed by atoms with E-state index in [4.69, 9.17) is 9.47 Å². The zero-order valence-corrected chi connectivity index (χ0v) is 9.92. The van der Waals surface area contributed by atoms with Gasteiger partial charge in [-0.15, -0.1) is 0 Å². The number of carbonyl (C=O) groups excluding carboxylic acids is 1. The molecule has 14 heavy (non-hydrogen) atoms. The Labute approximate surface area is 86.8 Å². The molecular weight excluding hydrogens is 180 g/mol. The Bertz CT molecular complexity index is 168. The molecule has 0 spiro atoms. The van der Waals surface area contributed by atoms with Crippen LogP contribution in [0.1, 0.15) is 41.0 Å². The van der Waals surface area contributed by atoms with Gasteiger partial charge in [0, 0.05) is 0 Å². The standard InChI is InChI=1S/C11H22O3/c1-9(2)6-7-13-10(12)8-14-11(3,4)5/h9H,6-8H2,1-5H3. The van der Waals surface area contributed by atoms with Crippen LogP contribution in [-0.4, -0.2) is 24.8 Å². The van der Waals surface area contributed by atoms with Gasteiger partial charge in [-0.05, 0) is 33.1 Å². The second-order valence-electron chi connectivity index (χ2n) is 4.80. The molecule has 0 radical (unpaired) electrons. The van der Waals surface area contributed by atoms with E-state index in [1.807, 2.05) is 20.8 Å². The van der Waals surface area contributed by atoms with Gasteiger partial charge in [0.05, 0.1) is 12.2 Å². The van der Waals surface area contributed by atoms with Crippen molar-refractivity contribution in [2.24, 2.45) is 5.92 Å².